The van der Waals surface area contributed by atoms with E-state index in [2.05, 4.69) is 13.2 Å². The SMILES string of the molecule is C=CC(=O)Oc1ccc(-c2ccc(-c3ccc(-c4ccc(OC(=O)C=C)cc4)cc3OC(=O)C(C)C)cc2)cc1. The van der Waals surface area contributed by atoms with E-state index in [4.69, 9.17) is 14.2 Å². The maximum absolute atomic E-state index is 12.6. The van der Waals surface area contributed by atoms with Crippen molar-refractivity contribution in [3.05, 3.63) is 116 Å². The van der Waals surface area contributed by atoms with Gasteiger partial charge in [-0.25, -0.2) is 9.59 Å². The molecule has 4 aromatic carbocycles. The molecule has 0 spiro atoms. The molecule has 6 nitrogen and oxygen atoms in total. The molecule has 0 bridgehead atoms. The van der Waals surface area contributed by atoms with Crippen molar-refractivity contribution >= 4 is 17.9 Å². The molecule has 0 aliphatic rings. The van der Waals surface area contributed by atoms with E-state index < -0.39 is 11.9 Å². The molecule has 0 amide bonds. The van der Waals surface area contributed by atoms with Crippen LogP contribution in [0.3, 0.4) is 0 Å². The molecule has 6 heteroatoms. The van der Waals surface area contributed by atoms with Gasteiger partial charge in [0.1, 0.15) is 17.2 Å². The fourth-order valence-electron chi connectivity index (χ4n) is 3.84. The van der Waals surface area contributed by atoms with Crippen LogP contribution in [0.15, 0.2) is 116 Å². The van der Waals surface area contributed by atoms with Crippen LogP contribution in [0, 0.1) is 5.92 Å². The Hall–Kier alpha value is -5.23. The highest BCUT2D eigenvalue weighted by atomic mass is 16.5. The Morgan fingerprint density at radius 1 is 0.575 bits per heavy atom. The van der Waals surface area contributed by atoms with Gasteiger partial charge in [-0.2, -0.15) is 0 Å². The van der Waals surface area contributed by atoms with Crippen LogP contribution < -0.4 is 14.2 Å². The first-order chi connectivity index (χ1) is 19.3. The summed E-state index contributed by atoms with van der Waals surface area (Å²) in [6, 6.07) is 27.8. The van der Waals surface area contributed by atoms with Gasteiger partial charge in [0.15, 0.2) is 0 Å². The van der Waals surface area contributed by atoms with Crippen molar-refractivity contribution in [2.75, 3.05) is 0 Å². The number of carbonyl (C=O) groups excluding carboxylic acids is 3. The monoisotopic (exact) mass is 532 g/mol. The molecule has 0 saturated heterocycles. The predicted molar refractivity (Wildman–Crippen MR) is 155 cm³/mol. The minimum absolute atomic E-state index is 0.300. The minimum Gasteiger partial charge on any atom is -0.426 e. The molecule has 0 atom stereocenters. The number of ether oxygens (including phenoxy) is 3. The van der Waals surface area contributed by atoms with Crippen LogP contribution >= 0.6 is 0 Å². The zero-order valence-electron chi connectivity index (χ0n) is 22.3. The van der Waals surface area contributed by atoms with Gasteiger partial charge in [-0.1, -0.05) is 87.7 Å². The summed E-state index contributed by atoms with van der Waals surface area (Å²) in [6.45, 7) is 10.4. The summed E-state index contributed by atoms with van der Waals surface area (Å²) < 4.78 is 16.1. The Labute approximate surface area is 233 Å². The first kappa shape index (κ1) is 27.8. The Bertz CT molecular complexity index is 1550. The molecular weight excluding hydrogens is 504 g/mol. The molecule has 0 aliphatic carbocycles. The average molecular weight is 533 g/mol. The van der Waals surface area contributed by atoms with E-state index in [1.165, 1.54) is 0 Å². The van der Waals surface area contributed by atoms with E-state index in [0.29, 0.717) is 17.2 Å². The summed E-state index contributed by atoms with van der Waals surface area (Å²) in [5.74, 6) is -0.385. The van der Waals surface area contributed by atoms with E-state index >= 15 is 0 Å². The van der Waals surface area contributed by atoms with Crippen molar-refractivity contribution in [3.63, 3.8) is 0 Å². The van der Waals surface area contributed by atoms with Crippen molar-refractivity contribution in [3.8, 4) is 50.6 Å². The van der Waals surface area contributed by atoms with E-state index in [9.17, 15) is 14.4 Å². The van der Waals surface area contributed by atoms with Crippen molar-refractivity contribution in [1.82, 2.24) is 0 Å². The van der Waals surface area contributed by atoms with Gasteiger partial charge in [0.2, 0.25) is 0 Å². The lowest BCUT2D eigenvalue weighted by Crippen LogP contribution is -2.15. The van der Waals surface area contributed by atoms with E-state index in [0.717, 1.165) is 45.5 Å². The summed E-state index contributed by atoms with van der Waals surface area (Å²) in [6.07, 6.45) is 2.22. The van der Waals surface area contributed by atoms with Gasteiger partial charge in [-0.3, -0.25) is 4.79 Å². The quantitative estimate of drug-likeness (QED) is 0.127. The Kier molecular flexibility index (Phi) is 8.72. The largest absolute Gasteiger partial charge is 0.426 e. The third kappa shape index (κ3) is 6.79. The van der Waals surface area contributed by atoms with E-state index in [1.54, 1.807) is 38.1 Å². The Balaban J connectivity index is 1.62. The normalized spacial score (nSPS) is 10.5. The van der Waals surface area contributed by atoms with Crippen molar-refractivity contribution in [2.24, 2.45) is 5.92 Å². The second-order valence-corrected chi connectivity index (χ2v) is 9.16. The molecule has 4 aromatic rings. The fourth-order valence-corrected chi connectivity index (χ4v) is 3.84. The maximum Gasteiger partial charge on any atom is 0.335 e. The highest BCUT2D eigenvalue weighted by Gasteiger charge is 2.16. The van der Waals surface area contributed by atoms with Crippen molar-refractivity contribution in [2.45, 2.75) is 13.8 Å². The van der Waals surface area contributed by atoms with Gasteiger partial charge in [0.25, 0.3) is 0 Å². The smallest absolute Gasteiger partial charge is 0.335 e. The molecule has 0 heterocycles. The lowest BCUT2D eigenvalue weighted by atomic mass is 9.97. The molecule has 0 radical (unpaired) electrons. The highest BCUT2D eigenvalue weighted by Crippen LogP contribution is 2.36. The molecule has 0 unspecified atom stereocenters. The fraction of sp³-hybridized carbons (Fsp3) is 0.0882. The molecule has 0 aliphatic heterocycles. The topological polar surface area (TPSA) is 78.9 Å². The third-order valence-corrected chi connectivity index (χ3v) is 6.00. The lowest BCUT2D eigenvalue weighted by molar-refractivity contribution is -0.137. The molecule has 0 fully saturated rings. The van der Waals surface area contributed by atoms with Crippen LogP contribution in [0.25, 0.3) is 33.4 Å². The van der Waals surface area contributed by atoms with Crippen LogP contribution in [0.2, 0.25) is 0 Å². The number of esters is 3. The van der Waals surface area contributed by atoms with Crippen LogP contribution in [0.4, 0.5) is 0 Å². The lowest BCUT2D eigenvalue weighted by Gasteiger charge is -2.15. The van der Waals surface area contributed by atoms with Crippen LogP contribution in [-0.4, -0.2) is 17.9 Å². The van der Waals surface area contributed by atoms with Crippen molar-refractivity contribution in [1.29, 1.82) is 0 Å². The van der Waals surface area contributed by atoms with Gasteiger partial charge in [-0.15, -0.1) is 0 Å². The van der Waals surface area contributed by atoms with Gasteiger partial charge in [0.05, 0.1) is 5.92 Å². The van der Waals surface area contributed by atoms with Crippen LogP contribution in [0.5, 0.6) is 17.2 Å². The number of carbonyl (C=O) groups is 3. The Morgan fingerprint density at radius 2 is 0.975 bits per heavy atom. The molecular formula is C34H28O6. The zero-order valence-corrected chi connectivity index (χ0v) is 22.3. The van der Waals surface area contributed by atoms with Crippen molar-refractivity contribution < 1.29 is 28.6 Å². The first-order valence-electron chi connectivity index (χ1n) is 12.6. The number of rotatable bonds is 9. The van der Waals surface area contributed by atoms with Gasteiger partial charge in [-0.05, 0) is 58.1 Å². The highest BCUT2D eigenvalue weighted by molar-refractivity contribution is 5.85. The van der Waals surface area contributed by atoms with Gasteiger partial charge in [0, 0.05) is 17.7 Å². The first-order valence-corrected chi connectivity index (χ1v) is 12.6. The number of hydrogen-bond acceptors (Lipinski definition) is 6. The summed E-state index contributed by atoms with van der Waals surface area (Å²) >= 11 is 0. The number of benzene rings is 4. The molecule has 4 rings (SSSR count). The van der Waals surface area contributed by atoms with E-state index in [-0.39, 0.29) is 11.9 Å². The summed E-state index contributed by atoms with van der Waals surface area (Å²) in [7, 11) is 0. The second kappa shape index (κ2) is 12.5. The molecule has 0 N–H and O–H groups in total. The predicted octanol–water partition coefficient (Wildman–Crippen LogP) is 7.43. The summed E-state index contributed by atoms with van der Waals surface area (Å²) in [4.78, 5) is 35.4. The number of hydrogen-bond donors (Lipinski definition) is 0. The summed E-state index contributed by atoms with van der Waals surface area (Å²) in [5.41, 5.74) is 5.28. The molecule has 0 aromatic heterocycles. The maximum atomic E-state index is 12.6. The third-order valence-electron chi connectivity index (χ3n) is 6.00. The zero-order chi connectivity index (χ0) is 28.6. The standard InChI is InChI=1S/C34H28O6/c1-5-32(35)38-28-16-11-24(12-17-28)23-7-9-26(10-8-23)30-20-15-27(21-31(30)40-34(37)22(3)4)25-13-18-29(19-14-25)39-33(36)6-2/h5-22H,1-2H2,3-4H3. The molecule has 40 heavy (non-hydrogen) atoms. The molecule has 0 saturated carbocycles. The van der Waals surface area contributed by atoms with Gasteiger partial charge >= 0.3 is 17.9 Å². The average Bonchev–Trinajstić information content (AvgIpc) is 2.98. The molecule has 200 valence electrons. The Morgan fingerprint density at radius 3 is 1.43 bits per heavy atom. The van der Waals surface area contributed by atoms with Gasteiger partial charge < -0.3 is 14.2 Å². The summed E-state index contributed by atoms with van der Waals surface area (Å²) in [5, 5.41) is 0. The van der Waals surface area contributed by atoms with E-state index in [1.807, 2.05) is 66.7 Å². The second-order valence-electron chi connectivity index (χ2n) is 9.16. The van der Waals surface area contributed by atoms with Crippen LogP contribution in [-0.2, 0) is 14.4 Å². The minimum atomic E-state index is -0.531. The van der Waals surface area contributed by atoms with Crippen LogP contribution in [0.1, 0.15) is 13.8 Å².